The third-order valence-corrected chi connectivity index (χ3v) is 4.99. The largest absolute Gasteiger partial charge is 0.225 e. The molecule has 0 unspecified atom stereocenters. The Labute approximate surface area is 108 Å². The van der Waals surface area contributed by atoms with E-state index in [0.717, 1.165) is 11.8 Å². The Morgan fingerprint density at radius 3 is 2.82 bits per heavy atom. The molecule has 17 heavy (non-hydrogen) atoms. The van der Waals surface area contributed by atoms with Crippen molar-refractivity contribution in [3.8, 4) is 0 Å². The number of hydrogen-bond donors (Lipinski definition) is 0. The zero-order valence-electron chi connectivity index (χ0n) is 10.3. The van der Waals surface area contributed by atoms with Crippen molar-refractivity contribution in [1.82, 2.24) is 0 Å². The van der Waals surface area contributed by atoms with E-state index in [9.17, 15) is 0 Å². The number of rotatable bonds is 2. The zero-order valence-corrected chi connectivity index (χ0v) is 11.1. The first kappa shape index (κ1) is 11.3. The minimum absolute atomic E-state index is 0.936. The highest BCUT2D eigenvalue weighted by molar-refractivity contribution is 7.99. The van der Waals surface area contributed by atoms with Gasteiger partial charge in [-0.15, -0.1) is 0 Å². The average molecular weight is 246 g/mol. The van der Waals surface area contributed by atoms with Gasteiger partial charge in [0.2, 0.25) is 0 Å². The van der Waals surface area contributed by atoms with Crippen LogP contribution in [-0.2, 0) is 0 Å². The summed E-state index contributed by atoms with van der Waals surface area (Å²) in [5.41, 5.74) is 1.40. The van der Waals surface area contributed by atoms with Crippen molar-refractivity contribution in [2.75, 3.05) is 12.4 Å². The molecule has 90 valence electrons. The van der Waals surface area contributed by atoms with Gasteiger partial charge in [-0.1, -0.05) is 43.2 Å². The van der Waals surface area contributed by atoms with Crippen LogP contribution >= 0.6 is 11.8 Å². The van der Waals surface area contributed by atoms with Crippen LogP contribution in [0.4, 0.5) is 0 Å². The molecule has 0 atom stereocenters. The molecule has 0 radical (unpaired) electrons. The fourth-order valence-corrected chi connectivity index (χ4v) is 3.86. The number of hydrogen-bond acceptors (Lipinski definition) is 1. The van der Waals surface area contributed by atoms with Crippen molar-refractivity contribution in [2.24, 2.45) is 5.92 Å². The molecule has 0 spiro atoms. The lowest BCUT2D eigenvalue weighted by Crippen LogP contribution is -2.25. The molecular formula is C15H20NS+. The molecule has 1 heterocycles. The molecule has 0 N–H and O–H groups in total. The maximum Gasteiger partial charge on any atom is 0.193 e. The second-order valence-electron chi connectivity index (χ2n) is 5.22. The lowest BCUT2D eigenvalue weighted by molar-refractivity contribution is -0.511. The van der Waals surface area contributed by atoms with Gasteiger partial charge in [0.1, 0.15) is 6.54 Å². The summed E-state index contributed by atoms with van der Waals surface area (Å²) in [5, 5.41) is 0. The monoisotopic (exact) mass is 246 g/mol. The summed E-state index contributed by atoms with van der Waals surface area (Å²) in [6, 6.07) is 8.74. The predicted molar refractivity (Wildman–Crippen MR) is 74.0 cm³/mol. The molecule has 1 aromatic carbocycles. The van der Waals surface area contributed by atoms with E-state index in [2.05, 4.69) is 35.1 Å². The fraction of sp³-hybridized carbons (Fsp3) is 0.533. The van der Waals surface area contributed by atoms with Gasteiger partial charge in [-0.25, -0.2) is 4.58 Å². The van der Waals surface area contributed by atoms with Gasteiger partial charge in [0.25, 0.3) is 0 Å². The van der Waals surface area contributed by atoms with Crippen molar-refractivity contribution >= 4 is 18.0 Å². The van der Waals surface area contributed by atoms with E-state index in [1.54, 1.807) is 0 Å². The second-order valence-corrected chi connectivity index (χ2v) is 6.20. The lowest BCUT2D eigenvalue weighted by atomic mass is 9.89. The van der Waals surface area contributed by atoms with Gasteiger partial charge in [0.15, 0.2) is 12.1 Å². The van der Waals surface area contributed by atoms with E-state index in [1.165, 1.54) is 49.1 Å². The molecule has 1 saturated carbocycles. The molecule has 2 aliphatic rings. The summed E-state index contributed by atoms with van der Waals surface area (Å²) < 4.78 is 2.52. The molecule has 3 rings (SSSR count). The second kappa shape index (κ2) is 5.26. The van der Waals surface area contributed by atoms with Crippen LogP contribution < -0.4 is 0 Å². The zero-order chi connectivity index (χ0) is 11.5. The smallest absolute Gasteiger partial charge is 0.193 e. The molecule has 2 heteroatoms. The van der Waals surface area contributed by atoms with E-state index in [0.29, 0.717) is 0 Å². The molecule has 1 aromatic rings. The molecule has 1 aliphatic carbocycles. The van der Waals surface area contributed by atoms with Crippen molar-refractivity contribution in [1.29, 1.82) is 0 Å². The third-order valence-electron chi connectivity index (χ3n) is 3.84. The summed E-state index contributed by atoms with van der Waals surface area (Å²) in [5.74, 6) is 2.07. The molecule has 1 nitrogen and oxygen atoms in total. The SMILES string of the molecule is C1=[N+](CC2CCCCC2)CSc2ccccc21. The molecule has 1 aliphatic heterocycles. The van der Waals surface area contributed by atoms with E-state index in [4.69, 9.17) is 0 Å². The standard InChI is InChI=1S/C15H20NS/c1-2-6-13(7-3-1)10-16-11-14-8-4-5-9-15(14)17-12-16/h4-5,8-9,11,13H,1-3,6-7,10,12H2/q+1. The highest BCUT2D eigenvalue weighted by Crippen LogP contribution is 2.27. The van der Waals surface area contributed by atoms with Gasteiger partial charge in [-0.2, -0.15) is 0 Å². The van der Waals surface area contributed by atoms with Crippen LogP contribution in [0.2, 0.25) is 0 Å². The third kappa shape index (κ3) is 2.74. The maximum absolute atomic E-state index is 2.52. The van der Waals surface area contributed by atoms with Crippen LogP contribution in [0.25, 0.3) is 0 Å². The van der Waals surface area contributed by atoms with E-state index < -0.39 is 0 Å². The van der Waals surface area contributed by atoms with Gasteiger partial charge in [-0.05, 0) is 25.0 Å². The Morgan fingerprint density at radius 1 is 1.12 bits per heavy atom. The predicted octanol–water partition coefficient (Wildman–Crippen LogP) is 3.76. The fourth-order valence-electron chi connectivity index (χ4n) is 2.91. The summed E-state index contributed by atoms with van der Waals surface area (Å²) in [6.45, 7) is 1.27. The topological polar surface area (TPSA) is 3.01 Å². The molecule has 1 fully saturated rings. The Morgan fingerprint density at radius 2 is 1.94 bits per heavy atom. The van der Waals surface area contributed by atoms with Gasteiger partial charge in [0, 0.05) is 10.8 Å². The quantitative estimate of drug-likeness (QED) is 0.718. The van der Waals surface area contributed by atoms with Gasteiger partial charge in [-0.3, -0.25) is 0 Å². The minimum atomic E-state index is 0.936. The number of benzene rings is 1. The first-order chi connectivity index (χ1) is 8.42. The molecule has 0 aromatic heterocycles. The van der Waals surface area contributed by atoms with Gasteiger partial charge >= 0.3 is 0 Å². The molecular weight excluding hydrogens is 226 g/mol. The van der Waals surface area contributed by atoms with E-state index in [1.807, 2.05) is 11.8 Å². The Hall–Kier alpha value is -0.760. The van der Waals surface area contributed by atoms with Crippen LogP contribution in [0.15, 0.2) is 29.2 Å². The van der Waals surface area contributed by atoms with Crippen molar-refractivity contribution < 1.29 is 4.58 Å². The normalized spacial score (nSPS) is 20.8. The van der Waals surface area contributed by atoms with Crippen LogP contribution in [0, 0.1) is 5.92 Å². The highest BCUT2D eigenvalue weighted by atomic mass is 32.2. The average Bonchev–Trinajstić information content (AvgIpc) is 2.40. The van der Waals surface area contributed by atoms with E-state index in [-0.39, 0.29) is 0 Å². The molecule has 0 amide bonds. The van der Waals surface area contributed by atoms with Crippen molar-refractivity contribution in [2.45, 2.75) is 37.0 Å². The molecule has 0 saturated heterocycles. The number of nitrogens with zero attached hydrogens (tertiary/aromatic N) is 1. The van der Waals surface area contributed by atoms with Crippen molar-refractivity contribution in [3.63, 3.8) is 0 Å². The number of thioether (sulfide) groups is 1. The minimum Gasteiger partial charge on any atom is -0.225 e. The van der Waals surface area contributed by atoms with Gasteiger partial charge < -0.3 is 0 Å². The molecule has 0 bridgehead atoms. The van der Waals surface area contributed by atoms with Crippen LogP contribution in [0.3, 0.4) is 0 Å². The summed E-state index contributed by atoms with van der Waals surface area (Å²) >= 11 is 1.98. The first-order valence-corrected chi connectivity index (χ1v) is 7.71. The Balaban J connectivity index is 1.70. The highest BCUT2D eigenvalue weighted by Gasteiger charge is 2.22. The first-order valence-electron chi connectivity index (χ1n) is 6.72. The van der Waals surface area contributed by atoms with Crippen LogP contribution in [0.5, 0.6) is 0 Å². The summed E-state index contributed by atoms with van der Waals surface area (Å²) in [4.78, 5) is 1.44. The summed E-state index contributed by atoms with van der Waals surface area (Å²) in [6.07, 6.45) is 9.59. The Bertz CT molecular complexity index is 419. The van der Waals surface area contributed by atoms with Crippen LogP contribution in [-0.4, -0.2) is 23.2 Å². The van der Waals surface area contributed by atoms with Gasteiger partial charge in [0.05, 0.1) is 5.56 Å². The lowest BCUT2D eigenvalue weighted by Gasteiger charge is -2.21. The van der Waals surface area contributed by atoms with Crippen LogP contribution in [0.1, 0.15) is 37.7 Å². The maximum atomic E-state index is 2.52. The Kier molecular flexibility index (Phi) is 3.51. The van der Waals surface area contributed by atoms with E-state index >= 15 is 0 Å². The van der Waals surface area contributed by atoms with Crippen molar-refractivity contribution in [3.05, 3.63) is 29.8 Å². The number of fused-ring (bicyclic) bond motifs is 1. The summed E-state index contributed by atoms with van der Waals surface area (Å²) in [7, 11) is 0.